The molecule has 1 aromatic rings. The van der Waals surface area contributed by atoms with Crippen molar-refractivity contribution in [3.05, 3.63) is 22.7 Å². The van der Waals surface area contributed by atoms with Crippen LogP contribution in [0.1, 0.15) is 42.5 Å². The summed E-state index contributed by atoms with van der Waals surface area (Å²) in [6.07, 6.45) is 6.06. The summed E-state index contributed by atoms with van der Waals surface area (Å²) in [4.78, 5) is 26.4. The SMILES string of the molecule is COc1cc(C(=O)N2CC3CC4CC(C3)CC2C4)cc(Cl)c1OCC(N)=O. The highest BCUT2D eigenvalue weighted by atomic mass is 35.5. The van der Waals surface area contributed by atoms with Gasteiger partial charge in [0.25, 0.3) is 11.8 Å². The van der Waals surface area contributed by atoms with E-state index in [-0.39, 0.29) is 23.3 Å². The zero-order chi connectivity index (χ0) is 19.1. The van der Waals surface area contributed by atoms with E-state index in [0.29, 0.717) is 23.3 Å². The fourth-order valence-electron chi connectivity index (χ4n) is 5.33. The van der Waals surface area contributed by atoms with E-state index >= 15 is 0 Å². The second kappa shape index (κ2) is 7.23. The Morgan fingerprint density at radius 3 is 2.44 bits per heavy atom. The molecule has 0 spiro atoms. The Bertz CT molecular complexity index is 755. The number of fused-ring (bicyclic) bond motifs is 1. The molecule has 2 aliphatic carbocycles. The highest BCUT2D eigenvalue weighted by molar-refractivity contribution is 6.32. The van der Waals surface area contributed by atoms with Gasteiger partial charge in [-0.05, 0) is 62.0 Å². The third-order valence-corrected chi connectivity index (χ3v) is 6.48. The molecule has 2 unspecified atom stereocenters. The molecule has 4 aliphatic rings. The molecule has 146 valence electrons. The molecule has 2 atom stereocenters. The molecule has 4 bridgehead atoms. The Hall–Kier alpha value is -1.95. The molecule has 2 amide bonds. The Kier molecular flexibility index (Phi) is 4.93. The number of primary amides is 1. The van der Waals surface area contributed by atoms with Crippen molar-refractivity contribution in [2.45, 2.75) is 38.1 Å². The van der Waals surface area contributed by atoms with Crippen molar-refractivity contribution in [3.8, 4) is 11.5 Å². The van der Waals surface area contributed by atoms with E-state index < -0.39 is 5.91 Å². The van der Waals surface area contributed by atoms with Crippen molar-refractivity contribution in [2.75, 3.05) is 20.3 Å². The minimum absolute atomic E-state index is 0.00477. The summed E-state index contributed by atoms with van der Waals surface area (Å²) in [6.45, 7) is 0.526. The Balaban J connectivity index is 1.60. The zero-order valence-electron chi connectivity index (χ0n) is 15.4. The molecule has 0 radical (unpaired) electrons. The number of carbonyl (C=O) groups is 2. The summed E-state index contributed by atoms with van der Waals surface area (Å²) < 4.78 is 10.7. The minimum Gasteiger partial charge on any atom is -0.493 e. The normalized spacial score (nSPS) is 28.7. The van der Waals surface area contributed by atoms with Gasteiger partial charge in [0.05, 0.1) is 12.1 Å². The summed E-state index contributed by atoms with van der Waals surface area (Å²) in [5.74, 6) is 2.10. The smallest absolute Gasteiger partial charge is 0.255 e. The second-order valence-electron chi connectivity index (χ2n) is 8.13. The standard InChI is InChI=1S/C20H25ClN2O4/c1-26-17-8-14(7-16(21)19(17)27-10-18(22)24)20(25)23-9-13-3-11-2-12(4-13)6-15(23)5-11/h7-8,11-13,15H,2-6,9-10H2,1H3,(H2,22,24). The lowest BCUT2D eigenvalue weighted by Gasteiger charge is -2.39. The fourth-order valence-corrected chi connectivity index (χ4v) is 5.59. The molecule has 4 fully saturated rings. The maximum Gasteiger partial charge on any atom is 0.255 e. The van der Waals surface area contributed by atoms with Gasteiger partial charge in [-0.3, -0.25) is 9.59 Å². The van der Waals surface area contributed by atoms with E-state index in [2.05, 4.69) is 4.90 Å². The van der Waals surface area contributed by atoms with Gasteiger partial charge < -0.3 is 20.1 Å². The number of ether oxygens (including phenoxy) is 2. The van der Waals surface area contributed by atoms with Crippen molar-refractivity contribution >= 4 is 23.4 Å². The number of carbonyl (C=O) groups excluding carboxylic acids is 2. The molecular formula is C20H25ClN2O4. The largest absolute Gasteiger partial charge is 0.493 e. The van der Waals surface area contributed by atoms with Crippen LogP contribution in [0.5, 0.6) is 11.5 Å². The lowest BCUT2D eigenvalue weighted by atomic mass is 9.68. The van der Waals surface area contributed by atoms with Crippen molar-refractivity contribution < 1.29 is 19.1 Å². The lowest BCUT2D eigenvalue weighted by molar-refractivity contribution is -0.119. The third kappa shape index (κ3) is 3.59. The van der Waals surface area contributed by atoms with Crippen LogP contribution in [0.25, 0.3) is 0 Å². The van der Waals surface area contributed by atoms with Gasteiger partial charge in [0, 0.05) is 18.2 Å². The molecule has 2 aliphatic heterocycles. The zero-order valence-corrected chi connectivity index (χ0v) is 16.2. The second-order valence-corrected chi connectivity index (χ2v) is 8.54. The summed E-state index contributed by atoms with van der Waals surface area (Å²) in [5.41, 5.74) is 5.62. The predicted octanol–water partition coefficient (Wildman–Crippen LogP) is 2.86. The van der Waals surface area contributed by atoms with E-state index in [1.54, 1.807) is 12.1 Å². The van der Waals surface area contributed by atoms with Crippen LogP contribution in [0, 0.1) is 17.8 Å². The topological polar surface area (TPSA) is 81.9 Å². The van der Waals surface area contributed by atoms with Gasteiger partial charge in [-0.1, -0.05) is 11.6 Å². The number of nitrogens with zero attached hydrogens (tertiary/aromatic N) is 1. The monoisotopic (exact) mass is 392 g/mol. The van der Waals surface area contributed by atoms with E-state index in [4.69, 9.17) is 26.8 Å². The number of rotatable bonds is 5. The van der Waals surface area contributed by atoms with E-state index in [0.717, 1.165) is 31.2 Å². The van der Waals surface area contributed by atoms with Gasteiger partial charge >= 0.3 is 0 Å². The lowest BCUT2D eigenvalue weighted by Crippen LogP contribution is -2.42. The van der Waals surface area contributed by atoms with Crippen LogP contribution in [0.3, 0.4) is 0 Å². The average Bonchev–Trinajstić information content (AvgIpc) is 2.82. The first-order chi connectivity index (χ1) is 12.9. The summed E-state index contributed by atoms with van der Waals surface area (Å²) >= 11 is 6.33. The maximum atomic E-state index is 13.3. The minimum atomic E-state index is -0.608. The molecule has 6 nitrogen and oxygen atoms in total. The highest BCUT2D eigenvalue weighted by Crippen LogP contribution is 2.48. The molecule has 0 aromatic heterocycles. The van der Waals surface area contributed by atoms with Crippen LogP contribution in [0.2, 0.25) is 5.02 Å². The van der Waals surface area contributed by atoms with Crippen molar-refractivity contribution in [2.24, 2.45) is 23.5 Å². The molecule has 1 aromatic carbocycles. The first-order valence-corrected chi connectivity index (χ1v) is 9.92. The molecule has 2 heterocycles. The van der Waals surface area contributed by atoms with Crippen molar-refractivity contribution in [1.82, 2.24) is 4.90 Å². The summed E-state index contributed by atoms with van der Waals surface area (Å²) in [7, 11) is 1.48. The molecule has 7 heteroatoms. The van der Waals surface area contributed by atoms with Crippen LogP contribution >= 0.6 is 11.6 Å². The van der Waals surface area contributed by atoms with Gasteiger partial charge in [-0.15, -0.1) is 0 Å². The van der Waals surface area contributed by atoms with Gasteiger partial charge in [0.2, 0.25) is 0 Å². The van der Waals surface area contributed by atoms with Crippen molar-refractivity contribution in [3.63, 3.8) is 0 Å². The molecule has 27 heavy (non-hydrogen) atoms. The van der Waals surface area contributed by atoms with Crippen LogP contribution in [0.4, 0.5) is 0 Å². The average molecular weight is 393 g/mol. The van der Waals surface area contributed by atoms with Crippen molar-refractivity contribution in [1.29, 1.82) is 0 Å². The van der Waals surface area contributed by atoms with Gasteiger partial charge in [0.15, 0.2) is 18.1 Å². The number of amides is 2. The highest BCUT2D eigenvalue weighted by Gasteiger charge is 2.44. The first kappa shape index (κ1) is 18.4. The van der Waals surface area contributed by atoms with E-state index in [9.17, 15) is 9.59 Å². The van der Waals surface area contributed by atoms with Gasteiger partial charge in [0.1, 0.15) is 0 Å². The Morgan fingerprint density at radius 2 is 1.81 bits per heavy atom. The number of benzene rings is 1. The van der Waals surface area contributed by atoms with Gasteiger partial charge in [-0.2, -0.15) is 0 Å². The summed E-state index contributed by atoms with van der Waals surface area (Å²) in [5, 5.41) is 0.236. The van der Waals surface area contributed by atoms with E-state index in [1.165, 1.54) is 26.4 Å². The third-order valence-electron chi connectivity index (χ3n) is 6.20. The predicted molar refractivity (Wildman–Crippen MR) is 101 cm³/mol. The van der Waals surface area contributed by atoms with Crippen LogP contribution in [0.15, 0.2) is 12.1 Å². The first-order valence-electron chi connectivity index (χ1n) is 9.54. The van der Waals surface area contributed by atoms with Crippen LogP contribution < -0.4 is 15.2 Å². The Morgan fingerprint density at radius 1 is 1.15 bits per heavy atom. The van der Waals surface area contributed by atoms with E-state index in [1.807, 2.05) is 0 Å². The quantitative estimate of drug-likeness (QED) is 0.835. The number of methoxy groups -OCH3 is 1. The van der Waals surface area contributed by atoms with Crippen LogP contribution in [-0.2, 0) is 4.79 Å². The molecular weight excluding hydrogens is 368 g/mol. The number of halogens is 1. The van der Waals surface area contributed by atoms with Crippen LogP contribution in [-0.4, -0.2) is 43.0 Å². The number of hydrogen-bond donors (Lipinski definition) is 1. The van der Waals surface area contributed by atoms with Gasteiger partial charge in [-0.25, -0.2) is 0 Å². The molecule has 2 N–H and O–H groups in total. The molecule has 2 saturated heterocycles. The Labute approximate surface area is 163 Å². The fraction of sp³-hybridized carbons (Fsp3) is 0.600. The number of nitrogens with two attached hydrogens (primary N) is 1. The number of hydrogen-bond acceptors (Lipinski definition) is 4. The summed E-state index contributed by atoms with van der Waals surface area (Å²) in [6, 6.07) is 3.56. The maximum absolute atomic E-state index is 13.3. The molecule has 2 saturated carbocycles. The molecule has 5 rings (SSSR count).